The van der Waals surface area contributed by atoms with Gasteiger partial charge in [-0.15, -0.1) is 0 Å². The van der Waals surface area contributed by atoms with Gasteiger partial charge in [0, 0.05) is 0 Å². The number of nitrogens with two attached hydrogens (primary N) is 2. The average Bonchev–Trinajstić information content (AvgIpc) is 2.26. The number of imide groups is 1. The number of benzene rings is 1. The monoisotopic (exact) mass is 237 g/mol. The molecule has 0 fully saturated rings. The van der Waals surface area contributed by atoms with Crippen LogP contribution in [0.4, 0.5) is 10.5 Å². The minimum atomic E-state index is -0.909. The third-order valence-corrected chi connectivity index (χ3v) is 2.10. The molecule has 0 saturated heterocycles. The van der Waals surface area contributed by atoms with E-state index in [1.165, 1.54) is 0 Å². The molecule has 17 heavy (non-hydrogen) atoms. The second-order valence-corrected chi connectivity index (χ2v) is 3.43. The fraction of sp³-hybridized carbons (Fsp3) is 0.273. The topological polar surface area (TPSA) is 107 Å². The molecule has 0 spiro atoms. The van der Waals surface area contributed by atoms with Crippen molar-refractivity contribution in [3.8, 4) is 5.75 Å². The van der Waals surface area contributed by atoms with Crippen molar-refractivity contribution >= 4 is 17.6 Å². The summed E-state index contributed by atoms with van der Waals surface area (Å²) in [5.41, 5.74) is 12.0. The summed E-state index contributed by atoms with van der Waals surface area (Å²) < 4.78 is 5.15. The smallest absolute Gasteiger partial charge is 0.318 e. The molecule has 0 heterocycles. The summed E-state index contributed by atoms with van der Waals surface area (Å²) in [5, 5.41) is 1.89. The normalized spacial score (nSPS) is 9.71. The second-order valence-electron chi connectivity index (χ2n) is 3.43. The van der Waals surface area contributed by atoms with Crippen LogP contribution >= 0.6 is 0 Å². The van der Waals surface area contributed by atoms with E-state index in [4.69, 9.17) is 16.2 Å². The first-order valence-corrected chi connectivity index (χ1v) is 5.13. The summed E-state index contributed by atoms with van der Waals surface area (Å²) in [6.45, 7) is 1.70. The Balaban J connectivity index is 2.57. The van der Waals surface area contributed by atoms with Crippen LogP contribution in [0.1, 0.15) is 12.5 Å². The van der Waals surface area contributed by atoms with Crippen molar-refractivity contribution in [1.82, 2.24) is 5.32 Å². The summed E-state index contributed by atoms with van der Waals surface area (Å²) in [6.07, 6.45) is 0.868. The predicted molar refractivity (Wildman–Crippen MR) is 63.5 cm³/mol. The van der Waals surface area contributed by atoms with Crippen LogP contribution in [0.5, 0.6) is 5.75 Å². The lowest BCUT2D eigenvalue weighted by Crippen LogP contribution is -2.38. The van der Waals surface area contributed by atoms with Crippen molar-refractivity contribution in [3.63, 3.8) is 0 Å². The molecule has 1 rings (SSSR count). The van der Waals surface area contributed by atoms with Crippen LogP contribution in [-0.4, -0.2) is 18.5 Å². The molecule has 6 nitrogen and oxygen atoms in total. The lowest BCUT2D eigenvalue weighted by atomic mass is 10.1. The van der Waals surface area contributed by atoms with Gasteiger partial charge in [-0.1, -0.05) is 13.0 Å². The van der Waals surface area contributed by atoms with Gasteiger partial charge in [-0.25, -0.2) is 4.79 Å². The Kier molecular flexibility index (Phi) is 4.33. The van der Waals surface area contributed by atoms with Crippen LogP contribution in [0.25, 0.3) is 0 Å². The highest BCUT2D eigenvalue weighted by molar-refractivity contribution is 5.94. The predicted octanol–water partition coefficient (Wildman–Crippen LogP) is 0.405. The first-order valence-electron chi connectivity index (χ1n) is 5.13. The van der Waals surface area contributed by atoms with E-state index in [0.29, 0.717) is 11.4 Å². The Morgan fingerprint density at radius 3 is 2.65 bits per heavy atom. The summed E-state index contributed by atoms with van der Waals surface area (Å²) in [5.74, 6) is -0.210. The van der Waals surface area contributed by atoms with Gasteiger partial charge in [0.05, 0.1) is 5.69 Å². The molecule has 92 valence electrons. The summed E-state index contributed by atoms with van der Waals surface area (Å²) >= 11 is 0. The van der Waals surface area contributed by atoms with Gasteiger partial charge in [0.1, 0.15) is 5.75 Å². The van der Waals surface area contributed by atoms with Crippen LogP contribution in [0.3, 0.4) is 0 Å². The lowest BCUT2D eigenvalue weighted by molar-refractivity contribution is -0.121. The van der Waals surface area contributed by atoms with E-state index < -0.39 is 11.9 Å². The van der Waals surface area contributed by atoms with Crippen LogP contribution in [0.15, 0.2) is 18.2 Å². The first kappa shape index (κ1) is 12.8. The molecular formula is C11H15N3O3. The molecule has 0 atom stereocenters. The molecule has 0 radical (unpaired) electrons. The fourth-order valence-electron chi connectivity index (χ4n) is 1.27. The SMILES string of the molecule is CCc1ccc(OCC(=O)NC(N)=O)c(N)c1. The Morgan fingerprint density at radius 2 is 2.12 bits per heavy atom. The third kappa shape index (κ3) is 4.02. The Morgan fingerprint density at radius 1 is 1.41 bits per heavy atom. The van der Waals surface area contributed by atoms with E-state index in [1.54, 1.807) is 12.1 Å². The molecule has 0 aromatic heterocycles. The molecule has 0 aliphatic carbocycles. The van der Waals surface area contributed by atoms with Gasteiger partial charge in [0.2, 0.25) is 0 Å². The number of rotatable bonds is 4. The molecule has 6 heteroatoms. The van der Waals surface area contributed by atoms with E-state index in [9.17, 15) is 9.59 Å². The van der Waals surface area contributed by atoms with Crippen molar-refractivity contribution in [1.29, 1.82) is 0 Å². The number of nitrogen functional groups attached to an aromatic ring is 1. The fourth-order valence-corrected chi connectivity index (χ4v) is 1.27. The van der Waals surface area contributed by atoms with Crippen LogP contribution in [0, 0.1) is 0 Å². The summed E-state index contributed by atoms with van der Waals surface area (Å²) in [7, 11) is 0. The molecule has 0 unspecified atom stereocenters. The highest BCUT2D eigenvalue weighted by Gasteiger charge is 2.07. The number of aryl methyl sites for hydroxylation is 1. The molecule has 0 saturated carbocycles. The zero-order chi connectivity index (χ0) is 12.8. The molecule has 1 aromatic carbocycles. The van der Waals surface area contributed by atoms with Crippen LogP contribution < -0.4 is 21.5 Å². The highest BCUT2D eigenvalue weighted by atomic mass is 16.5. The van der Waals surface area contributed by atoms with Gasteiger partial charge in [-0.2, -0.15) is 0 Å². The zero-order valence-electron chi connectivity index (χ0n) is 9.53. The number of nitrogens with one attached hydrogen (secondary N) is 1. The highest BCUT2D eigenvalue weighted by Crippen LogP contribution is 2.22. The van der Waals surface area contributed by atoms with E-state index in [-0.39, 0.29) is 6.61 Å². The minimum absolute atomic E-state index is 0.307. The number of primary amides is 1. The third-order valence-electron chi connectivity index (χ3n) is 2.10. The molecule has 5 N–H and O–H groups in total. The van der Waals surface area contributed by atoms with E-state index in [2.05, 4.69) is 0 Å². The van der Waals surface area contributed by atoms with Gasteiger partial charge < -0.3 is 16.2 Å². The molecule has 0 aliphatic rings. The summed E-state index contributed by atoms with van der Waals surface area (Å²) in [4.78, 5) is 21.5. The number of carbonyl (C=O) groups is 2. The van der Waals surface area contributed by atoms with E-state index in [0.717, 1.165) is 12.0 Å². The minimum Gasteiger partial charge on any atom is -0.482 e. The van der Waals surface area contributed by atoms with Crippen LogP contribution in [-0.2, 0) is 11.2 Å². The number of urea groups is 1. The number of hydrogen-bond acceptors (Lipinski definition) is 4. The number of anilines is 1. The Hall–Kier alpha value is -2.24. The lowest BCUT2D eigenvalue weighted by Gasteiger charge is -2.09. The van der Waals surface area contributed by atoms with Gasteiger partial charge in [0.25, 0.3) is 5.91 Å². The average molecular weight is 237 g/mol. The maximum absolute atomic E-state index is 11.1. The molecule has 0 bridgehead atoms. The number of amides is 3. The standard InChI is InChI=1S/C11H15N3O3/c1-2-7-3-4-9(8(12)5-7)17-6-10(15)14-11(13)16/h3-5H,2,6,12H2,1H3,(H3,13,14,15,16). The molecule has 3 amide bonds. The van der Waals surface area contributed by atoms with Crippen molar-refractivity contribution in [3.05, 3.63) is 23.8 Å². The van der Waals surface area contributed by atoms with Gasteiger partial charge in [-0.05, 0) is 24.1 Å². The largest absolute Gasteiger partial charge is 0.482 e. The summed E-state index contributed by atoms with van der Waals surface area (Å²) in [6, 6.07) is 4.41. The maximum atomic E-state index is 11.1. The van der Waals surface area contributed by atoms with Crippen molar-refractivity contribution in [2.24, 2.45) is 5.73 Å². The van der Waals surface area contributed by atoms with Gasteiger partial charge >= 0.3 is 6.03 Å². The molecular weight excluding hydrogens is 222 g/mol. The number of hydrogen-bond donors (Lipinski definition) is 3. The Labute approximate surface area is 98.9 Å². The van der Waals surface area contributed by atoms with E-state index in [1.807, 2.05) is 18.3 Å². The Bertz CT molecular complexity index is 432. The number of ether oxygens (including phenoxy) is 1. The zero-order valence-corrected chi connectivity index (χ0v) is 9.53. The first-order chi connectivity index (χ1) is 8.02. The van der Waals surface area contributed by atoms with Crippen molar-refractivity contribution in [2.75, 3.05) is 12.3 Å². The molecule has 0 aliphatic heterocycles. The second kappa shape index (κ2) is 5.74. The number of carbonyl (C=O) groups excluding carboxylic acids is 2. The van der Waals surface area contributed by atoms with Gasteiger partial charge in [-0.3, -0.25) is 10.1 Å². The van der Waals surface area contributed by atoms with Crippen LogP contribution in [0.2, 0.25) is 0 Å². The van der Waals surface area contributed by atoms with Crippen molar-refractivity contribution in [2.45, 2.75) is 13.3 Å². The van der Waals surface area contributed by atoms with Crippen molar-refractivity contribution < 1.29 is 14.3 Å². The maximum Gasteiger partial charge on any atom is 0.318 e. The molecule has 1 aromatic rings. The van der Waals surface area contributed by atoms with E-state index >= 15 is 0 Å². The van der Waals surface area contributed by atoms with Gasteiger partial charge in [0.15, 0.2) is 6.61 Å². The quantitative estimate of drug-likeness (QED) is 0.659.